The summed E-state index contributed by atoms with van der Waals surface area (Å²) in [5.41, 5.74) is 9.08. The van der Waals surface area contributed by atoms with Crippen LogP contribution in [0.15, 0.2) is 104 Å². The number of rotatable bonds is 18. The molecule has 4 aromatic rings. The zero-order chi connectivity index (χ0) is 39.2. The van der Waals surface area contributed by atoms with E-state index in [0.29, 0.717) is 22.3 Å². The number of carbonyl (C=O) groups excluding carboxylic acids is 4. The molecule has 0 aliphatic rings. The van der Waals surface area contributed by atoms with Crippen LogP contribution < -0.4 is 16.4 Å². The van der Waals surface area contributed by atoms with Crippen molar-refractivity contribution in [3.05, 3.63) is 132 Å². The molecule has 6 atom stereocenters. The van der Waals surface area contributed by atoms with E-state index in [-0.39, 0.29) is 19.6 Å². The van der Waals surface area contributed by atoms with Gasteiger partial charge in [-0.2, -0.15) is 0 Å². The first-order valence-electron chi connectivity index (χ1n) is 17.8. The van der Waals surface area contributed by atoms with Crippen LogP contribution in [0.25, 0.3) is 0 Å². The zero-order valence-electron chi connectivity index (χ0n) is 30.8. The van der Waals surface area contributed by atoms with Crippen LogP contribution in [0.3, 0.4) is 0 Å². The number of amides is 2. The van der Waals surface area contributed by atoms with Crippen molar-refractivity contribution in [1.82, 2.24) is 20.6 Å². The van der Waals surface area contributed by atoms with Gasteiger partial charge in [0.05, 0.1) is 30.0 Å². The molecule has 5 N–H and O–H groups in total. The average Bonchev–Trinajstić information content (AvgIpc) is 3.17. The zero-order valence-corrected chi connectivity index (χ0v) is 30.8. The van der Waals surface area contributed by atoms with E-state index < -0.39 is 77.5 Å². The molecule has 12 nitrogen and oxygen atoms in total. The van der Waals surface area contributed by atoms with E-state index in [0.717, 1.165) is 0 Å². The number of aliphatic hydroxyl groups excluding tert-OH is 1. The Bertz CT molecular complexity index is 1800. The quantitative estimate of drug-likeness (QED) is 0.102. The Balaban J connectivity index is 1.68. The number of aromatic nitrogens is 2. The van der Waals surface area contributed by atoms with E-state index >= 15 is 0 Å². The van der Waals surface area contributed by atoms with Gasteiger partial charge in [0.1, 0.15) is 19.0 Å². The SMILES string of the molecule is CC(C)[C@H](NC(=O)OCc1cccnc1)C(=O)[C@@H](Cc1ccc(F)cc1)[C@@H](O)[C@@H](C(=O)[C@@H](NC(=O)OCc1cccnc1)C(C)C)C(N)c1ccccc1. The highest BCUT2D eigenvalue weighted by Gasteiger charge is 2.46. The maximum atomic E-state index is 14.7. The molecule has 2 aromatic heterocycles. The molecule has 0 radical (unpaired) electrons. The summed E-state index contributed by atoms with van der Waals surface area (Å²) in [6.07, 6.45) is 2.63. The van der Waals surface area contributed by atoms with E-state index in [1.807, 2.05) is 0 Å². The Morgan fingerprint density at radius 2 is 1.20 bits per heavy atom. The molecular weight excluding hydrogens is 693 g/mol. The van der Waals surface area contributed by atoms with E-state index in [1.54, 1.807) is 107 Å². The van der Waals surface area contributed by atoms with Gasteiger partial charge in [0, 0.05) is 42.0 Å². The third-order valence-corrected chi connectivity index (χ3v) is 9.09. The summed E-state index contributed by atoms with van der Waals surface area (Å²) >= 11 is 0. The maximum Gasteiger partial charge on any atom is 0.408 e. The predicted octanol–water partition coefficient (Wildman–Crippen LogP) is 5.49. The van der Waals surface area contributed by atoms with Gasteiger partial charge in [-0.3, -0.25) is 19.6 Å². The minimum atomic E-state index is -1.74. The van der Waals surface area contributed by atoms with Crippen LogP contribution in [-0.2, 0) is 38.7 Å². The van der Waals surface area contributed by atoms with Crippen LogP contribution in [0.4, 0.5) is 14.0 Å². The van der Waals surface area contributed by atoms with Crippen molar-refractivity contribution in [2.75, 3.05) is 0 Å². The Morgan fingerprint density at radius 1 is 0.704 bits per heavy atom. The molecule has 2 aromatic carbocycles. The molecule has 0 aliphatic heterocycles. The minimum Gasteiger partial charge on any atom is -0.445 e. The van der Waals surface area contributed by atoms with Crippen LogP contribution in [0.1, 0.15) is 56.0 Å². The van der Waals surface area contributed by atoms with Crippen molar-refractivity contribution < 1.29 is 38.1 Å². The number of nitrogens with zero attached hydrogens (tertiary/aromatic N) is 2. The second-order valence-corrected chi connectivity index (χ2v) is 13.8. The minimum absolute atomic E-state index is 0.100. The van der Waals surface area contributed by atoms with Gasteiger partial charge in [0.15, 0.2) is 11.6 Å². The fraction of sp³-hybridized carbons (Fsp3) is 0.366. The number of benzene rings is 2. The number of pyridine rings is 2. The Kier molecular flexibility index (Phi) is 15.3. The van der Waals surface area contributed by atoms with Gasteiger partial charge in [0.25, 0.3) is 0 Å². The number of nitrogens with one attached hydrogen (secondary N) is 2. The fourth-order valence-corrected chi connectivity index (χ4v) is 6.13. The van der Waals surface area contributed by atoms with E-state index in [4.69, 9.17) is 15.2 Å². The van der Waals surface area contributed by atoms with Crippen molar-refractivity contribution in [2.45, 2.75) is 71.6 Å². The first-order valence-corrected chi connectivity index (χ1v) is 17.8. The highest BCUT2D eigenvalue weighted by atomic mass is 19.1. The molecule has 0 fully saturated rings. The third-order valence-electron chi connectivity index (χ3n) is 9.09. The van der Waals surface area contributed by atoms with Gasteiger partial charge in [-0.15, -0.1) is 0 Å². The lowest BCUT2D eigenvalue weighted by Gasteiger charge is -2.37. The first-order chi connectivity index (χ1) is 25.8. The summed E-state index contributed by atoms with van der Waals surface area (Å²) in [6.45, 7) is 6.68. The van der Waals surface area contributed by atoms with Crippen LogP contribution in [0.2, 0.25) is 0 Å². The number of ether oxygens (including phenoxy) is 2. The Hall–Kier alpha value is -5.53. The largest absolute Gasteiger partial charge is 0.445 e. The van der Waals surface area contributed by atoms with Gasteiger partial charge in [-0.25, -0.2) is 14.0 Å². The number of Topliss-reactive ketones (excluding diaryl/α,β-unsaturated/α-hetero) is 2. The Morgan fingerprint density at radius 3 is 1.67 bits per heavy atom. The number of ketones is 2. The molecule has 0 aliphatic carbocycles. The van der Waals surface area contributed by atoms with Gasteiger partial charge in [0.2, 0.25) is 0 Å². The first kappa shape index (κ1) is 41.2. The average molecular weight is 742 g/mol. The summed E-state index contributed by atoms with van der Waals surface area (Å²) in [6, 6.07) is 17.4. The van der Waals surface area contributed by atoms with Crippen molar-refractivity contribution >= 4 is 23.8 Å². The standard InChI is InChI=1S/C41H48FN5O7/c1-25(2)35(46-40(51)53-23-28-10-8-18-44-21-28)38(49)32(20-27-14-16-31(42)17-15-27)37(48)33(34(43)30-12-6-5-7-13-30)39(50)36(26(3)4)47-41(52)54-24-29-11-9-19-45-22-29/h5-19,21-22,25-26,32-37,48H,20,23-24,43H2,1-4H3,(H,46,51)(H,47,52)/t32-,33-,34?,35-,36-,37+/m0/s1. The lowest BCUT2D eigenvalue weighted by Crippen LogP contribution is -2.56. The fourth-order valence-electron chi connectivity index (χ4n) is 6.13. The molecule has 54 heavy (non-hydrogen) atoms. The highest BCUT2D eigenvalue weighted by Crippen LogP contribution is 2.32. The van der Waals surface area contributed by atoms with Crippen LogP contribution in [0, 0.1) is 29.5 Å². The predicted molar refractivity (Wildman–Crippen MR) is 199 cm³/mol. The van der Waals surface area contributed by atoms with Gasteiger partial charge in [-0.05, 0) is 53.6 Å². The molecule has 2 amide bonds. The smallest absolute Gasteiger partial charge is 0.408 e. The topological polar surface area (TPSA) is 183 Å². The maximum absolute atomic E-state index is 14.7. The van der Waals surface area contributed by atoms with Crippen LogP contribution in [-0.4, -0.2) is 57.0 Å². The third kappa shape index (κ3) is 11.7. The highest BCUT2D eigenvalue weighted by molar-refractivity contribution is 5.93. The number of alkyl carbamates (subject to hydrolysis) is 2. The summed E-state index contributed by atoms with van der Waals surface area (Å²) < 4.78 is 24.7. The van der Waals surface area contributed by atoms with E-state index in [9.17, 15) is 28.7 Å². The van der Waals surface area contributed by atoms with E-state index in [1.165, 1.54) is 24.3 Å². The number of hydrogen-bond donors (Lipinski definition) is 4. The molecule has 286 valence electrons. The van der Waals surface area contributed by atoms with Gasteiger partial charge in [-0.1, -0.05) is 82.3 Å². The molecule has 13 heteroatoms. The summed E-state index contributed by atoms with van der Waals surface area (Å²) in [5, 5.41) is 17.7. The molecule has 0 saturated heterocycles. The lowest BCUT2D eigenvalue weighted by molar-refractivity contribution is -0.137. The molecule has 4 rings (SSSR count). The van der Waals surface area contributed by atoms with Crippen molar-refractivity contribution in [2.24, 2.45) is 29.4 Å². The van der Waals surface area contributed by atoms with Crippen molar-refractivity contribution in [1.29, 1.82) is 0 Å². The van der Waals surface area contributed by atoms with Gasteiger partial charge >= 0.3 is 12.2 Å². The normalized spacial score (nSPS) is 14.6. The molecular formula is C41H48FN5O7. The lowest BCUT2D eigenvalue weighted by atomic mass is 9.73. The molecule has 1 unspecified atom stereocenters. The number of aliphatic hydroxyl groups is 1. The van der Waals surface area contributed by atoms with Gasteiger partial charge < -0.3 is 30.9 Å². The Labute approximate surface area is 314 Å². The number of halogens is 1. The van der Waals surface area contributed by atoms with Crippen molar-refractivity contribution in [3.63, 3.8) is 0 Å². The van der Waals surface area contributed by atoms with E-state index in [2.05, 4.69) is 20.6 Å². The summed E-state index contributed by atoms with van der Waals surface area (Å²) in [5.74, 6) is -5.48. The molecule has 0 bridgehead atoms. The second kappa shape index (κ2) is 20.1. The summed E-state index contributed by atoms with van der Waals surface area (Å²) in [7, 11) is 0. The van der Waals surface area contributed by atoms with Crippen LogP contribution in [0.5, 0.6) is 0 Å². The number of hydrogen-bond acceptors (Lipinski definition) is 10. The van der Waals surface area contributed by atoms with Crippen LogP contribution >= 0.6 is 0 Å². The summed E-state index contributed by atoms with van der Waals surface area (Å²) in [4.78, 5) is 63.4. The number of nitrogens with two attached hydrogens (primary N) is 1. The molecule has 0 saturated carbocycles. The van der Waals surface area contributed by atoms with Crippen molar-refractivity contribution in [3.8, 4) is 0 Å². The monoisotopic (exact) mass is 741 g/mol. The second-order valence-electron chi connectivity index (χ2n) is 13.8. The number of carbonyl (C=O) groups is 4. The molecule has 0 spiro atoms. The molecule has 2 heterocycles.